The molecule has 0 spiro atoms. The van der Waals surface area contributed by atoms with Gasteiger partial charge in [-0.3, -0.25) is 9.59 Å². The van der Waals surface area contributed by atoms with E-state index in [2.05, 4.69) is 52.9 Å². The van der Waals surface area contributed by atoms with E-state index in [1.54, 1.807) is 44.2 Å². The molecule has 36 heavy (non-hydrogen) atoms. The van der Waals surface area contributed by atoms with Crippen molar-refractivity contribution in [2.24, 2.45) is 0 Å². The first-order valence-electron chi connectivity index (χ1n) is 11.0. The molecular weight excluding hydrogens is 454 g/mol. The van der Waals surface area contributed by atoms with Crippen LogP contribution in [0, 0.1) is 0 Å². The highest BCUT2D eigenvalue weighted by Gasteiger charge is 2.27. The Labute approximate surface area is 212 Å². The van der Waals surface area contributed by atoms with E-state index < -0.39 is 11.6 Å². The minimum absolute atomic E-state index is 0.255. The topological polar surface area (TPSA) is 111 Å². The number of carbonyl (C=O) groups is 3. The van der Waals surface area contributed by atoms with E-state index in [4.69, 9.17) is 0 Å². The maximum absolute atomic E-state index is 12.8. The quantitative estimate of drug-likeness (QED) is 0.199. The Morgan fingerprint density at radius 1 is 0.806 bits per heavy atom. The lowest BCUT2D eigenvalue weighted by molar-refractivity contribution is -0.121. The summed E-state index contributed by atoms with van der Waals surface area (Å²) in [5.41, 5.74) is 1.27. The zero-order valence-corrected chi connectivity index (χ0v) is 20.6. The summed E-state index contributed by atoms with van der Waals surface area (Å²) in [5, 5.41) is 13.8. The van der Waals surface area contributed by atoms with E-state index in [1.165, 1.54) is 30.4 Å². The van der Waals surface area contributed by atoms with Crippen LogP contribution >= 0.6 is 0 Å². The third-order valence-corrected chi connectivity index (χ3v) is 4.45. The molecule has 8 heteroatoms. The number of amides is 4. The van der Waals surface area contributed by atoms with Gasteiger partial charge in [0.15, 0.2) is 0 Å². The predicted octanol–water partition coefficient (Wildman–Crippen LogP) is 4.32. The highest BCUT2D eigenvalue weighted by molar-refractivity contribution is 5.97. The van der Waals surface area contributed by atoms with Crippen molar-refractivity contribution in [1.82, 2.24) is 21.3 Å². The predicted molar refractivity (Wildman–Crippen MR) is 146 cm³/mol. The van der Waals surface area contributed by atoms with Gasteiger partial charge in [-0.05, 0) is 62.4 Å². The molecule has 1 aromatic carbocycles. The second-order valence-corrected chi connectivity index (χ2v) is 7.73. The average Bonchev–Trinajstić information content (AvgIpc) is 2.84. The molecule has 8 nitrogen and oxygen atoms in total. The SMILES string of the molecule is C=C/C=C(\C=C(/C=C)NC(=O)NC(/C=C(\C=C)NC(C)(C)C(=O)Nc1ccccc1)=C/C=C)NC=O. The molecule has 0 heterocycles. The van der Waals surface area contributed by atoms with Gasteiger partial charge >= 0.3 is 6.03 Å². The minimum atomic E-state index is -1.00. The molecule has 0 aliphatic rings. The summed E-state index contributed by atoms with van der Waals surface area (Å²) in [6.45, 7) is 18.2. The van der Waals surface area contributed by atoms with Crippen molar-refractivity contribution < 1.29 is 14.4 Å². The van der Waals surface area contributed by atoms with Gasteiger partial charge in [0.05, 0.1) is 0 Å². The van der Waals surface area contributed by atoms with Crippen LogP contribution in [-0.4, -0.2) is 23.9 Å². The Bertz CT molecular complexity index is 1110. The number of urea groups is 1. The second kappa shape index (κ2) is 15.1. The number of para-hydroxylation sites is 1. The van der Waals surface area contributed by atoms with Gasteiger partial charge in [0.25, 0.3) is 0 Å². The van der Waals surface area contributed by atoms with Crippen LogP contribution in [0.15, 0.2) is 128 Å². The monoisotopic (exact) mass is 487 g/mol. The molecule has 4 amide bonds. The Balaban J connectivity index is 3.01. The molecule has 0 atom stereocenters. The van der Waals surface area contributed by atoms with E-state index in [0.29, 0.717) is 34.9 Å². The molecular formula is C28H33N5O3. The van der Waals surface area contributed by atoms with Crippen molar-refractivity contribution in [1.29, 1.82) is 0 Å². The zero-order valence-electron chi connectivity index (χ0n) is 20.6. The van der Waals surface area contributed by atoms with E-state index in [9.17, 15) is 14.4 Å². The fourth-order valence-corrected chi connectivity index (χ4v) is 2.73. The number of hydrogen-bond donors (Lipinski definition) is 5. The number of anilines is 1. The third-order valence-electron chi connectivity index (χ3n) is 4.45. The van der Waals surface area contributed by atoms with Gasteiger partial charge in [-0.25, -0.2) is 4.79 Å². The number of hydrogen-bond acceptors (Lipinski definition) is 4. The fraction of sp³-hybridized carbons (Fsp3) is 0.107. The fourth-order valence-electron chi connectivity index (χ4n) is 2.73. The Morgan fingerprint density at radius 3 is 1.92 bits per heavy atom. The van der Waals surface area contributed by atoms with E-state index in [1.807, 2.05) is 18.2 Å². The highest BCUT2D eigenvalue weighted by Crippen LogP contribution is 2.13. The molecule has 0 bridgehead atoms. The molecule has 0 radical (unpaired) electrons. The van der Waals surface area contributed by atoms with E-state index in [-0.39, 0.29) is 5.91 Å². The molecule has 1 rings (SSSR count). The zero-order chi connectivity index (χ0) is 27.0. The minimum Gasteiger partial charge on any atom is -0.372 e. The average molecular weight is 488 g/mol. The lowest BCUT2D eigenvalue weighted by Gasteiger charge is -2.27. The lowest BCUT2D eigenvalue weighted by atomic mass is 10.0. The van der Waals surface area contributed by atoms with Crippen molar-refractivity contribution in [2.75, 3.05) is 5.32 Å². The summed E-state index contributed by atoms with van der Waals surface area (Å²) in [5.74, 6) is -0.255. The van der Waals surface area contributed by atoms with Crippen LogP contribution < -0.4 is 26.6 Å². The maximum Gasteiger partial charge on any atom is 0.323 e. The number of carbonyl (C=O) groups excluding carboxylic acids is 3. The Hall–Kier alpha value is -4.85. The van der Waals surface area contributed by atoms with Crippen LogP contribution in [0.1, 0.15) is 13.8 Å². The molecule has 188 valence electrons. The summed E-state index contributed by atoms with van der Waals surface area (Å²) in [6, 6.07) is 8.54. The van der Waals surface area contributed by atoms with Crippen molar-refractivity contribution >= 4 is 24.0 Å². The van der Waals surface area contributed by atoms with Crippen LogP contribution in [-0.2, 0) is 9.59 Å². The van der Waals surface area contributed by atoms with Gasteiger partial charge in [-0.15, -0.1) is 0 Å². The molecule has 0 aromatic heterocycles. The van der Waals surface area contributed by atoms with Gasteiger partial charge in [0.1, 0.15) is 5.54 Å². The smallest absolute Gasteiger partial charge is 0.323 e. The number of allylic oxidation sites excluding steroid dienone is 8. The van der Waals surface area contributed by atoms with E-state index in [0.717, 1.165) is 0 Å². The maximum atomic E-state index is 12.8. The van der Waals surface area contributed by atoms with Crippen LogP contribution in [0.2, 0.25) is 0 Å². The standard InChI is InChI=1S/C28H33N5O3/c1-7-14-24(29-20-34)18-21(9-3)31-27(36)32-25(15-8-2)19-22(10-4)33-28(5,6)26(35)30-23-16-12-11-13-17-23/h7-20,33H,1-4H2,5-6H3,(H,29,34)(H,30,35)(H2,31,32,36)/b21-18+,22-19+,24-14+,25-15+. The lowest BCUT2D eigenvalue weighted by Crippen LogP contribution is -2.49. The first kappa shape index (κ1) is 29.2. The summed E-state index contributed by atoms with van der Waals surface area (Å²) >= 11 is 0. The molecule has 5 N–H and O–H groups in total. The number of nitrogens with one attached hydrogen (secondary N) is 5. The second-order valence-electron chi connectivity index (χ2n) is 7.73. The third kappa shape index (κ3) is 10.4. The van der Waals surface area contributed by atoms with Crippen LogP contribution in [0.3, 0.4) is 0 Å². The first-order chi connectivity index (χ1) is 17.2. The molecule has 1 aromatic rings. The summed E-state index contributed by atoms with van der Waals surface area (Å²) in [4.78, 5) is 36.2. The summed E-state index contributed by atoms with van der Waals surface area (Å²) < 4.78 is 0. The molecule has 0 fully saturated rings. The largest absolute Gasteiger partial charge is 0.372 e. The van der Waals surface area contributed by atoms with Crippen LogP contribution in [0.25, 0.3) is 0 Å². The Kier molecular flexibility index (Phi) is 12.3. The van der Waals surface area contributed by atoms with Crippen molar-refractivity contribution in [2.45, 2.75) is 19.4 Å². The van der Waals surface area contributed by atoms with Crippen LogP contribution in [0.5, 0.6) is 0 Å². The van der Waals surface area contributed by atoms with Gasteiger partial charge in [-0.2, -0.15) is 0 Å². The summed E-state index contributed by atoms with van der Waals surface area (Å²) in [7, 11) is 0. The van der Waals surface area contributed by atoms with Crippen LogP contribution in [0.4, 0.5) is 10.5 Å². The van der Waals surface area contributed by atoms with Crippen molar-refractivity contribution in [3.05, 3.63) is 128 Å². The van der Waals surface area contributed by atoms with Gasteiger partial charge in [0, 0.05) is 28.5 Å². The van der Waals surface area contributed by atoms with Gasteiger partial charge < -0.3 is 26.6 Å². The summed E-state index contributed by atoms with van der Waals surface area (Å²) in [6.07, 6.45) is 12.7. The molecule has 0 aliphatic carbocycles. The van der Waals surface area contributed by atoms with Crippen molar-refractivity contribution in [3.63, 3.8) is 0 Å². The highest BCUT2D eigenvalue weighted by atomic mass is 16.2. The Morgan fingerprint density at radius 2 is 1.36 bits per heavy atom. The first-order valence-corrected chi connectivity index (χ1v) is 11.0. The van der Waals surface area contributed by atoms with Crippen molar-refractivity contribution in [3.8, 4) is 0 Å². The molecule has 0 saturated heterocycles. The van der Waals surface area contributed by atoms with E-state index >= 15 is 0 Å². The molecule has 0 aliphatic heterocycles. The number of benzene rings is 1. The molecule has 0 unspecified atom stereocenters. The van der Waals surface area contributed by atoms with Gasteiger partial charge in [0.2, 0.25) is 12.3 Å². The molecule has 0 saturated carbocycles. The van der Waals surface area contributed by atoms with Gasteiger partial charge in [-0.1, -0.05) is 56.7 Å². The normalized spacial score (nSPS) is 12.5. The number of rotatable bonds is 14.